The third-order valence-corrected chi connectivity index (χ3v) is 3.44. The number of ether oxygens (including phenoxy) is 2. The van der Waals surface area contributed by atoms with Crippen LogP contribution in [0.4, 0.5) is 0 Å². The van der Waals surface area contributed by atoms with E-state index in [4.69, 9.17) is 14.0 Å². The molecule has 1 aliphatic carbocycles. The van der Waals surface area contributed by atoms with Gasteiger partial charge in [-0.3, -0.25) is 10.1 Å². The molecule has 0 radical (unpaired) electrons. The molecule has 1 aromatic carbocycles. The molecule has 3 rings (SSSR count). The van der Waals surface area contributed by atoms with Gasteiger partial charge >= 0.3 is 0 Å². The summed E-state index contributed by atoms with van der Waals surface area (Å²) >= 11 is 0. The zero-order valence-electron chi connectivity index (χ0n) is 11.5. The summed E-state index contributed by atoms with van der Waals surface area (Å²) in [5, 5.41) is 14.6. The number of hydrogen-bond acceptors (Lipinski definition) is 7. The van der Waals surface area contributed by atoms with Gasteiger partial charge < -0.3 is 14.0 Å². The lowest BCUT2D eigenvalue weighted by Gasteiger charge is -2.07. The summed E-state index contributed by atoms with van der Waals surface area (Å²) < 4.78 is 15.5. The number of hydrogen-bond donors (Lipinski definition) is 0. The van der Waals surface area contributed by atoms with Gasteiger partial charge in [-0.25, -0.2) is 0 Å². The van der Waals surface area contributed by atoms with E-state index in [2.05, 4.69) is 10.1 Å². The Morgan fingerprint density at radius 2 is 2.19 bits per heavy atom. The Kier molecular flexibility index (Phi) is 3.20. The van der Waals surface area contributed by atoms with Crippen molar-refractivity contribution in [2.75, 3.05) is 14.2 Å². The van der Waals surface area contributed by atoms with E-state index in [1.807, 2.05) is 0 Å². The Hall–Kier alpha value is -2.64. The quantitative estimate of drug-likeness (QED) is 0.612. The van der Waals surface area contributed by atoms with Crippen LogP contribution in [0.2, 0.25) is 0 Å². The summed E-state index contributed by atoms with van der Waals surface area (Å²) in [6.45, 7) is 0. The van der Waals surface area contributed by atoms with Crippen LogP contribution in [0.1, 0.15) is 18.2 Å². The Labute approximate surface area is 119 Å². The Morgan fingerprint density at radius 3 is 2.81 bits per heavy atom. The van der Waals surface area contributed by atoms with Gasteiger partial charge in [0.25, 0.3) is 0 Å². The lowest BCUT2D eigenvalue weighted by atomic mass is 10.2. The van der Waals surface area contributed by atoms with Crippen LogP contribution < -0.4 is 9.47 Å². The Balaban J connectivity index is 1.88. The van der Waals surface area contributed by atoms with E-state index in [-0.39, 0.29) is 10.8 Å². The van der Waals surface area contributed by atoms with E-state index in [0.717, 1.165) is 0 Å². The van der Waals surface area contributed by atoms with Crippen molar-refractivity contribution >= 4 is 0 Å². The molecule has 0 N–H and O–H groups in total. The predicted molar refractivity (Wildman–Crippen MR) is 71.0 cm³/mol. The minimum absolute atomic E-state index is 0.287. The molecule has 110 valence electrons. The monoisotopic (exact) mass is 291 g/mol. The van der Waals surface area contributed by atoms with Gasteiger partial charge in [-0.2, -0.15) is 4.98 Å². The maximum absolute atomic E-state index is 10.7. The molecule has 2 atom stereocenters. The van der Waals surface area contributed by atoms with Gasteiger partial charge in [0.1, 0.15) is 17.4 Å². The van der Waals surface area contributed by atoms with Crippen molar-refractivity contribution in [3.05, 3.63) is 34.2 Å². The average Bonchev–Trinajstić information content (AvgIpc) is 3.17. The topological polar surface area (TPSA) is 101 Å². The highest BCUT2D eigenvalue weighted by molar-refractivity contribution is 5.65. The average molecular weight is 291 g/mol. The molecule has 1 saturated carbocycles. The predicted octanol–water partition coefficient (Wildman–Crippen LogP) is 1.89. The molecule has 0 amide bonds. The summed E-state index contributed by atoms with van der Waals surface area (Å²) in [5.74, 6) is 1.55. The van der Waals surface area contributed by atoms with E-state index in [1.165, 1.54) is 7.11 Å². The summed E-state index contributed by atoms with van der Waals surface area (Å²) in [7, 11) is 3.09. The highest BCUT2D eigenvalue weighted by atomic mass is 16.6. The molecular formula is C13H13N3O5. The van der Waals surface area contributed by atoms with Gasteiger partial charge in [0, 0.05) is 17.4 Å². The van der Waals surface area contributed by atoms with Crippen molar-refractivity contribution < 1.29 is 18.9 Å². The van der Waals surface area contributed by atoms with Crippen LogP contribution in [0.3, 0.4) is 0 Å². The van der Waals surface area contributed by atoms with E-state index in [1.54, 1.807) is 25.3 Å². The van der Waals surface area contributed by atoms with Crippen molar-refractivity contribution in [2.24, 2.45) is 0 Å². The molecule has 2 aromatic rings. The Bertz CT molecular complexity index is 684. The van der Waals surface area contributed by atoms with Gasteiger partial charge in [0.2, 0.25) is 17.8 Å². The maximum atomic E-state index is 10.7. The molecular weight excluding hydrogens is 278 g/mol. The number of rotatable bonds is 5. The first-order chi connectivity index (χ1) is 10.1. The first kappa shape index (κ1) is 13.3. The minimum atomic E-state index is -0.615. The molecule has 0 unspecified atom stereocenters. The number of methoxy groups -OCH3 is 2. The fourth-order valence-corrected chi connectivity index (χ4v) is 2.16. The summed E-state index contributed by atoms with van der Waals surface area (Å²) in [4.78, 5) is 14.6. The minimum Gasteiger partial charge on any atom is -0.497 e. The number of aromatic nitrogens is 2. The first-order valence-electron chi connectivity index (χ1n) is 6.33. The molecule has 1 heterocycles. The number of nitrogens with zero attached hydrogens (tertiary/aromatic N) is 3. The second-order valence-corrected chi connectivity index (χ2v) is 4.72. The fourth-order valence-electron chi connectivity index (χ4n) is 2.16. The zero-order chi connectivity index (χ0) is 15.0. The second kappa shape index (κ2) is 5.04. The zero-order valence-corrected chi connectivity index (χ0v) is 11.5. The van der Waals surface area contributed by atoms with Crippen LogP contribution in [0.5, 0.6) is 11.5 Å². The lowest BCUT2D eigenvalue weighted by molar-refractivity contribution is -0.496. The van der Waals surface area contributed by atoms with Crippen LogP contribution in [-0.2, 0) is 0 Å². The molecule has 8 nitrogen and oxygen atoms in total. The van der Waals surface area contributed by atoms with Crippen molar-refractivity contribution in [2.45, 2.75) is 18.4 Å². The Morgan fingerprint density at radius 1 is 1.38 bits per heavy atom. The van der Waals surface area contributed by atoms with Crippen LogP contribution in [0.25, 0.3) is 11.4 Å². The molecule has 21 heavy (non-hydrogen) atoms. The largest absolute Gasteiger partial charge is 0.497 e. The van der Waals surface area contributed by atoms with Crippen LogP contribution in [0, 0.1) is 10.1 Å². The van der Waals surface area contributed by atoms with E-state index in [9.17, 15) is 10.1 Å². The number of benzene rings is 1. The van der Waals surface area contributed by atoms with Crippen LogP contribution in [-0.4, -0.2) is 35.3 Å². The molecule has 1 fully saturated rings. The summed E-state index contributed by atoms with van der Waals surface area (Å²) in [6, 6.07) is 4.60. The van der Waals surface area contributed by atoms with Crippen molar-refractivity contribution in [1.29, 1.82) is 0 Å². The standard InChI is InChI=1S/C13H13N3O5/c1-19-7-3-4-8(11(5-7)20-2)12-14-13(21-15-12)9-6-10(9)16(17)18/h3-5,9-10H,6H2,1-2H3/t9-,10+/m0/s1. The third-order valence-electron chi connectivity index (χ3n) is 3.44. The van der Waals surface area contributed by atoms with Crippen molar-refractivity contribution in [1.82, 2.24) is 10.1 Å². The number of nitro groups is 1. The highest BCUT2D eigenvalue weighted by Crippen LogP contribution is 2.43. The molecule has 0 spiro atoms. The molecule has 1 aromatic heterocycles. The van der Waals surface area contributed by atoms with Gasteiger partial charge in [-0.1, -0.05) is 5.16 Å². The molecule has 8 heteroatoms. The fraction of sp³-hybridized carbons (Fsp3) is 0.385. The highest BCUT2D eigenvalue weighted by Gasteiger charge is 2.53. The second-order valence-electron chi connectivity index (χ2n) is 4.72. The normalized spacial score (nSPS) is 20.1. The SMILES string of the molecule is COc1ccc(-c2noc([C@H]3C[C@H]3[N+](=O)[O-])n2)c(OC)c1. The van der Waals surface area contributed by atoms with Crippen LogP contribution >= 0.6 is 0 Å². The van der Waals surface area contributed by atoms with E-state index in [0.29, 0.717) is 35.2 Å². The van der Waals surface area contributed by atoms with E-state index < -0.39 is 6.04 Å². The maximum Gasteiger partial charge on any atom is 0.237 e. The third kappa shape index (κ3) is 2.39. The molecule has 1 aliphatic rings. The van der Waals surface area contributed by atoms with E-state index >= 15 is 0 Å². The lowest BCUT2D eigenvalue weighted by Crippen LogP contribution is -2.02. The molecule has 0 saturated heterocycles. The van der Waals surface area contributed by atoms with Gasteiger partial charge in [0.15, 0.2) is 0 Å². The van der Waals surface area contributed by atoms with Gasteiger partial charge in [-0.15, -0.1) is 0 Å². The summed E-state index contributed by atoms with van der Waals surface area (Å²) in [6.07, 6.45) is 0.439. The van der Waals surface area contributed by atoms with Gasteiger partial charge in [0.05, 0.1) is 19.8 Å². The van der Waals surface area contributed by atoms with Gasteiger partial charge in [-0.05, 0) is 12.1 Å². The molecule has 0 aliphatic heterocycles. The summed E-state index contributed by atoms with van der Waals surface area (Å²) in [5.41, 5.74) is 0.645. The van der Waals surface area contributed by atoms with Crippen molar-refractivity contribution in [3.63, 3.8) is 0 Å². The first-order valence-corrected chi connectivity index (χ1v) is 6.33. The van der Waals surface area contributed by atoms with Crippen LogP contribution in [0.15, 0.2) is 22.7 Å². The molecule has 0 bridgehead atoms. The smallest absolute Gasteiger partial charge is 0.237 e. The van der Waals surface area contributed by atoms with Crippen molar-refractivity contribution in [3.8, 4) is 22.9 Å².